The lowest BCUT2D eigenvalue weighted by Gasteiger charge is -2.28. The van der Waals surface area contributed by atoms with Crippen LogP contribution in [0, 0.1) is 5.92 Å². The summed E-state index contributed by atoms with van der Waals surface area (Å²) in [5, 5.41) is 0. The molecule has 2 nitrogen and oxygen atoms in total. The van der Waals surface area contributed by atoms with Gasteiger partial charge in [-0.05, 0) is 25.2 Å². The average Bonchev–Trinajstić information content (AvgIpc) is 2.34. The van der Waals surface area contributed by atoms with Crippen molar-refractivity contribution >= 4 is 5.78 Å². The summed E-state index contributed by atoms with van der Waals surface area (Å²) >= 11 is 0. The van der Waals surface area contributed by atoms with Gasteiger partial charge in [0.25, 0.3) is 0 Å². The smallest absolute Gasteiger partial charge is 0.132 e. The van der Waals surface area contributed by atoms with Crippen LogP contribution < -0.4 is 0 Å². The maximum Gasteiger partial charge on any atom is 0.132 e. The molecule has 0 aliphatic heterocycles. The summed E-state index contributed by atoms with van der Waals surface area (Å²) in [6.07, 6.45) is 9.17. The van der Waals surface area contributed by atoms with E-state index >= 15 is 0 Å². The molecule has 0 N–H and O–H groups in total. The van der Waals surface area contributed by atoms with Crippen molar-refractivity contribution in [1.82, 2.24) is 0 Å². The SMILES string of the molecule is CCC(=O)CCCOC1CCCC(CC)C1. The first-order valence-electron chi connectivity index (χ1n) is 6.89. The van der Waals surface area contributed by atoms with Gasteiger partial charge in [-0.3, -0.25) is 4.79 Å². The molecule has 0 radical (unpaired) electrons. The van der Waals surface area contributed by atoms with E-state index in [1.54, 1.807) is 0 Å². The molecule has 1 rings (SSSR count). The van der Waals surface area contributed by atoms with Crippen molar-refractivity contribution < 1.29 is 9.53 Å². The van der Waals surface area contributed by atoms with E-state index in [0.29, 0.717) is 24.7 Å². The van der Waals surface area contributed by atoms with Gasteiger partial charge in [0.2, 0.25) is 0 Å². The second-order valence-corrected chi connectivity index (χ2v) is 4.93. The quantitative estimate of drug-likeness (QED) is 0.618. The zero-order valence-electron chi connectivity index (χ0n) is 10.8. The fourth-order valence-corrected chi connectivity index (χ4v) is 2.46. The third kappa shape index (κ3) is 5.11. The fourth-order valence-electron chi connectivity index (χ4n) is 2.46. The summed E-state index contributed by atoms with van der Waals surface area (Å²) in [5.74, 6) is 1.23. The first-order chi connectivity index (χ1) is 7.76. The van der Waals surface area contributed by atoms with Crippen LogP contribution in [0.3, 0.4) is 0 Å². The topological polar surface area (TPSA) is 26.3 Å². The minimum Gasteiger partial charge on any atom is -0.378 e. The number of hydrogen-bond acceptors (Lipinski definition) is 2. The number of Topliss-reactive ketones (excluding diaryl/α,β-unsaturated/α-hetero) is 1. The van der Waals surface area contributed by atoms with Crippen molar-refractivity contribution in [1.29, 1.82) is 0 Å². The van der Waals surface area contributed by atoms with Crippen LogP contribution in [0.1, 0.15) is 65.2 Å². The highest BCUT2D eigenvalue weighted by Gasteiger charge is 2.20. The van der Waals surface area contributed by atoms with E-state index in [2.05, 4.69) is 6.92 Å². The van der Waals surface area contributed by atoms with Crippen LogP contribution in [-0.2, 0) is 9.53 Å². The van der Waals surface area contributed by atoms with E-state index < -0.39 is 0 Å². The molecule has 1 aliphatic rings. The molecule has 2 heteroatoms. The molecular formula is C14H26O2. The van der Waals surface area contributed by atoms with Crippen LogP contribution >= 0.6 is 0 Å². The van der Waals surface area contributed by atoms with Crippen molar-refractivity contribution in [2.75, 3.05) is 6.61 Å². The Labute approximate surface area is 99.8 Å². The van der Waals surface area contributed by atoms with E-state index in [9.17, 15) is 4.79 Å². The van der Waals surface area contributed by atoms with Crippen molar-refractivity contribution in [2.45, 2.75) is 71.3 Å². The molecule has 0 aromatic rings. The van der Waals surface area contributed by atoms with E-state index in [4.69, 9.17) is 4.74 Å². The Morgan fingerprint density at radius 2 is 2.12 bits per heavy atom. The number of ether oxygens (including phenoxy) is 1. The summed E-state index contributed by atoms with van der Waals surface area (Å²) in [6.45, 7) is 4.97. The molecule has 1 aliphatic carbocycles. The number of carbonyl (C=O) groups excluding carboxylic acids is 1. The molecule has 16 heavy (non-hydrogen) atoms. The summed E-state index contributed by atoms with van der Waals surface area (Å²) in [5.41, 5.74) is 0. The monoisotopic (exact) mass is 226 g/mol. The molecular weight excluding hydrogens is 200 g/mol. The average molecular weight is 226 g/mol. The maximum atomic E-state index is 11.1. The van der Waals surface area contributed by atoms with Gasteiger partial charge in [0.15, 0.2) is 0 Å². The third-order valence-corrected chi connectivity index (χ3v) is 3.66. The fraction of sp³-hybridized carbons (Fsp3) is 0.929. The van der Waals surface area contributed by atoms with E-state index in [1.165, 1.54) is 32.1 Å². The molecule has 0 spiro atoms. The lowest BCUT2D eigenvalue weighted by molar-refractivity contribution is -0.119. The normalized spacial score (nSPS) is 25.6. The molecule has 0 bridgehead atoms. The van der Waals surface area contributed by atoms with Crippen molar-refractivity contribution in [3.05, 3.63) is 0 Å². The van der Waals surface area contributed by atoms with Crippen LogP contribution in [-0.4, -0.2) is 18.5 Å². The molecule has 0 heterocycles. The summed E-state index contributed by atoms with van der Waals surface area (Å²) in [7, 11) is 0. The molecule has 0 amide bonds. The molecule has 0 aromatic carbocycles. The van der Waals surface area contributed by atoms with E-state index in [0.717, 1.165) is 18.9 Å². The molecule has 0 aromatic heterocycles. The highest BCUT2D eigenvalue weighted by Crippen LogP contribution is 2.28. The minimum atomic E-state index is 0.360. The van der Waals surface area contributed by atoms with Gasteiger partial charge < -0.3 is 4.74 Å². The maximum absolute atomic E-state index is 11.1. The Morgan fingerprint density at radius 1 is 1.31 bits per heavy atom. The highest BCUT2D eigenvalue weighted by molar-refractivity contribution is 5.77. The minimum absolute atomic E-state index is 0.360. The second kappa shape index (κ2) is 7.83. The molecule has 1 fully saturated rings. The van der Waals surface area contributed by atoms with Crippen molar-refractivity contribution in [2.24, 2.45) is 5.92 Å². The van der Waals surface area contributed by atoms with Crippen LogP contribution in [0.2, 0.25) is 0 Å². The van der Waals surface area contributed by atoms with Crippen LogP contribution in [0.25, 0.3) is 0 Å². The van der Waals surface area contributed by atoms with Crippen LogP contribution in [0.5, 0.6) is 0 Å². The van der Waals surface area contributed by atoms with Gasteiger partial charge in [0, 0.05) is 19.4 Å². The number of rotatable bonds is 7. The summed E-state index contributed by atoms with van der Waals surface area (Å²) in [6, 6.07) is 0. The highest BCUT2D eigenvalue weighted by atomic mass is 16.5. The predicted octanol–water partition coefficient (Wildman–Crippen LogP) is 3.73. The molecule has 1 saturated carbocycles. The van der Waals surface area contributed by atoms with Gasteiger partial charge in [0.05, 0.1) is 6.10 Å². The Bertz CT molecular complexity index is 201. The third-order valence-electron chi connectivity index (χ3n) is 3.66. The largest absolute Gasteiger partial charge is 0.378 e. The van der Waals surface area contributed by atoms with Gasteiger partial charge >= 0.3 is 0 Å². The lowest BCUT2D eigenvalue weighted by Crippen LogP contribution is -2.23. The van der Waals surface area contributed by atoms with Crippen molar-refractivity contribution in [3.63, 3.8) is 0 Å². The Morgan fingerprint density at radius 3 is 2.81 bits per heavy atom. The molecule has 94 valence electrons. The van der Waals surface area contributed by atoms with Crippen LogP contribution in [0.4, 0.5) is 0 Å². The van der Waals surface area contributed by atoms with Gasteiger partial charge in [-0.1, -0.05) is 33.1 Å². The number of hydrogen-bond donors (Lipinski definition) is 0. The Balaban J connectivity index is 2.06. The van der Waals surface area contributed by atoms with E-state index in [-0.39, 0.29) is 0 Å². The molecule has 2 unspecified atom stereocenters. The second-order valence-electron chi connectivity index (χ2n) is 4.93. The molecule has 0 saturated heterocycles. The lowest BCUT2D eigenvalue weighted by atomic mass is 9.85. The summed E-state index contributed by atoms with van der Waals surface area (Å²) < 4.78 is 5.86. The summed E-state index contributed by atoms with van der Waals surface area (Å²) in [4.78, 5) is 11.1. The zero-order chi connectivity index (χ0) is 11.8. The standard InChI is InChI=1S/C14H26O2/c1-3-12-7-5-9-14(11-12)16-10-6-8-13(15)4-2/h12,14H,3-11H2,1-2H3. The first-order valence-corrected chi connectivity index (χ1v) is 6.89. The van der Waals surface area contributed by atoms with Gasteiger partial charge in [-0.25, -0.2) is 0 Å². The van der Waals surface area contributed by atoms with Crippen molar-refractivity contribution in [3.8, 4) is 0 Å². The van der Waals surface area contributed by atoms with Crippen LogP contribution in [0.15, 0.2) is 0 Å². The Hall–Kier alpha value is -0.370. The number of ketones is 1. The Kier molecular flexibility index (Phi) is 6.70. The molecule has 2 atom stereocenters. The van der Waals surface area contributed by atoms with E-state index in [1.807, 2.05) is 6.92 Å². The predicted molar refractivity (Wildman–Crippen MR) is 66.5 cm³/mol. The van der Waals surface area contributed by atoms with Gasteiger partial charge in [-0.2, -0.15) is 0 Å². The number of carbonyl (C=O) groups is 1. The first kappa shape index (κ1) is 13.7. The zero-order valence-corrected chi connectivity index (χ0v) is 10.8. The van der Waals surface area contributed by atoms with Gasteiger partial charge in [0.1, 0.15) is 5.78 Å². The van der Waals surface area contributed by atoms with Gasteiger partial charge in [-0.15, -0.1) is 0 Å².